The highest BCUT2D eigenvalue weighted by Crippen LogP contribution is 2.44. The minimum Gasteiger partial charge on any atom is -0.295 e. The SMILES string of the molecule is Clc1ccc2c(c1)c1c3ccc(CC(c4ccccc4)c4cccc5c4sc4ccccc45)cc3n(-c3ccccc3)c1n2-c1ccccc1. The summed E-state index contributed by atoms with van der Waals surface area (Å²) in [5.74, 6) is 0.192. The monoisotopic (exact) mass is 678 g/mol. The molecule has 2 nitrogen and oxygen atoms in total. The molecule has 238 valence electrons. The fraction of sp³-hybridized carbons (Fsp3) is 0.0435. The first-order chi connectivity index (χ1) is 24.7. The minimum atomic E-state index is 0.192. The molecule has 0 fully saturated rings. The lowest BCUT2D eigenvalue weighted by molar-refractivity contribution is 0.814. The van der Waals surface area contributed by atoms with E-state index in [-0.39, 0.29) is 5.92 Å². The van der Waals surface area contributed by atoms with Crippen LogP contribution in [0.1, 0.15) is 22.6 Å². The minimum absolute atomic E-state index is 0.192. The average Bonchev–Trinajstić information content (AvgIpc) is 3.82. The zero-order valence-electron chi connectivity index (χ0n) is 27.1. The lowest BCUT2D eigenvalue weighted by atomic mass is 9.85. The van der Waals surface area contributed by atoms with Gasteiger partial charge in [-0.05, 0) is 77.7 Å². The molecule has 0 spiro atoms. The van der Waals surface area contributed by atoms with Crippen molar-refractivity contribution in [2.75, 3.05) is 0 Å². The molecule has 0 aliphatic rings. The molecule has 1 unspecified atom stereocenters. The standard InChI is InChI=1S/C46H31ClN2S/c47-32-24-26-41-40(29-32)44-38-25-23-30(28-42(38)49(34-17-8-3-9-18-34)46(44)48(41)33-15-6-2-7-16-33)27-39(31-13-4-1-5-14-31)37-21-12-20-36-35-19-10-11-22-43(35)50-45(36)37/h1-26,28-29,39H,27H2. The molecule has 0 aliphatic heterocycles. The fourth-order valence-corrected chi connectivity index (χ4v) is 9.43. The summed E-state index contributed by atoms with van der Waals surface area (Å²) < 4.78 is 7.55. The Labute approximate surface area is 299 Å². The smallest absolute Gasteiger partial charge is 0.131 e. The third-order valence-electron chi connectivity index (χ3n) is 10.2. The normalized spacial score (nSPS) is 12.5. The molecule has 0 radical (unpaired) electrons. The quantitative estimate of drug-likeness (QED) is 0.166. The number of hydrogen-bond donors (Lipinski definition) is 0. The Morgan fingerprint density at radius 1 is 0.520 bits per heavy atom. The highest BCUT2D eigenvalue weighted by atomic mass is 35.5. The van der Waals surface area contributed by atoms with Crippen LogP contribution in [0.15, 0.2) is 170 Å². The van der Waals surface area contributed by atoms with Crippen molar-refractivity contribution in [3.05, 3.63) is 192 Å². The van der Waals surface area contributed by atoms with Crippen molar-refractivity contribution >= 4 is 75.9 Å². The molecule has 10 rings (SSSR count). The summed E-state index contributed by atoms with van der Waals surface area (Å²) in [7, 11) is 0. The largest absolute Gasteiger partial charge is 0.295 e. The first-order valence-electron chi connectivity index (χ1n) is 17.1. The van der Waals surface area contributed by atoms with Crippen LogP contribution in [-0.4, -0.2) is 9.13 Å². The lowest BCUT2D eigenvalue weighted by Crippen LogP contribution is -2.06. The van der Waals surface area contributed by atoms with Gasteiger partial charge in [0.25, 0.3) is 0 Å². The maximum absolute atomic E-state index is 6.70. The molecular formula is C46H31ClN2S. The second-order valence-electron chi connectivity index (χ2n) is 13.0. The van der Waals surface area contributed by atoms with Crippen LogP contribution in [0, 0.1) is 0 Å². The van der Waals surface area contributed by atoms with Gasteiger partial charge in [0, 0.05) is 58.6 Å². The molecule has 4 heteroatoms. The summed E-state index contributed by atoms with van der Waals surface area (Å²) in [5.41, 5.74) is 9.74. The van der Waals surface area contributed by atoms with E-state index in [1.807, 2.05) is 17.4 Å². The second kappa shape index (κ2) is 11.8. The van der Waals surface area contributed by atoms with Gasteiger partial charge in [-0.1, -0.05) is 127 Å². The summed E-state index contributed by atoms with van der Waals surface area (Å²) in [6.07, 6.45) is 0.878. The molecule has 50 heavy (non-hydrogen) atoms. The predicted molar refractivity (Wildman–Crippen MR) is 214 cm³/mol. The van der Waals surface area contributed by atoms with Gasteiger partial charge >= 0.3 is 0 Å². The molecule has 0 N–H and O–H groups in total. The van der Waals surface area contributed by atoms with Crippen molar-refractivity contribution in [2.24, 2.45) is 0 Å². The summed E-state index contributed by atoms with van der Waals surface area (Å²) in [6, 6.07) is 61.5. The fourth-order valence-electron chi connectivity index (χ4n) is 7.99. The van der Waals surface area contributed by atoms with E-state index in [1.54, 1.807) is 0 Å². The summed E-state index contributed by atoms with van der Waals surface area (Å²) in [6.45, 7) is 0. The van der Waals surface area contributed by atoms with Crippen molar-refractivity contribution in [1.29, 1.82) is 0 Å². The van der Waals surface area contributed by atoms with Gasteiger partial charge in [0.15, 0.2) is 0 Å². The van der Waals surface area contributed by atoms with Gasteiger partial charge in [-0.2, -0.15) is 0 Å². The molecule has 0 bridgehead atoms. The zero-order valence-corrected chi connectivity index (χ0v) is 28.7. The van der Waals surface area contributed by atoms with Crippen molar-refractivity contribution in [2.45, 2.75) is 12.3 Å². The van der Waals surface area contributed by atoms with Crippen LogP contribution in [0.5, 0.6) is 0 Å². The Morgan fingerprint density at radius 2 is 1.18 bits per heavy atom. The predicted octanol–water partition coefficient (Wildman–Crippen LogP) is 13.1. The van der Waals surface area contributed by atoms with Gasteiger partial charge < -0.3 is 0 Å². The van der Waals surface area contributed by atoms with E-state index in [4.69, 9.17) is 11.6 Å². The number of fused-ring (bicyclic) bond motifs is 8. The number of benzene rings is 7. The first-order valence-corrected chi connectivity index (χ1v) is 18.3. The van der Waals surface area contributed by atoms with Crippen LogP contribution in [0.2, 0.25) is 5.02 Å². The molecular weight excluding hydrogens is 648 g/mol. The Morgan fingerprint density at radius 3 is 1.94 bits per heavy atom. The van der Waals surface area contributed by atoms with Crippen LogP contribution >= 0.6 is 22.9 Å². The number of rotatable bonds is 6. The van der Waals surface area contributed by atoms with Crippen molar-refractivity contribution in [1.82, 2.24) is 9.13 Å². The zero-order chi connectivity index (χ0) is 33.2. The maximum atomic E-state index is 6.70. The van der Waals surface area contributed by atoms with E-state index in [9.17, 15) is 0 Å². The highest BCUT2D eigenvalue weighted by molar-refractivity contribution is 7.26. The summed E-state index contributed by atoms with van der Waals surface area (Å²) >= 11 is 8.61. The van der Waals surface area contributed by atoms with Crippen molar-refractivity contribution in [3.8, 4) is 11.4 Å². The van der Waals surface area contributed by atoms with Crippen molar-refractivity contribution < 1.29 is 0 Å². The lowest BCUT2D eigenvalue weighted by Gasteiger charge is -2.20. The molecule has 0 amide bonds. The third-order valence-corrected chi connectivity index (χ3v) is 11.6. The molecule has 7 aromatic carbocycles. The number of nitrogens with zero attached hydrogens (tertiary/aromatic N) is 2. The van der Waals surface area contributed by atoms with Crippen LogP contribution in [0.4, 0.5) is 0 Å². The van der Waals surface area contributed by atoms with Crippen LogP contribution in [0.3, 0.4) is 0 Å². The van der Waals surface area contributed by atoms with E-state index < -0.39 is 0 Å². The van der Waals surface area contributed by atoms with Crippen LogP contribution < -0.4 is 0 Å². The molecule has 10 aromatic rings. The first kappa shape index (κ1) is 29.3. The van der Waals surface area contributed by atoms with Gasteiger partial charge in [-0.3, -0.25) is 9.13 Å². The maximum Gasteiger partial charge on any atom is 0.131 e. The molecule has 1 atom stereocenters. The number of hydrogen-bond acceptors (Lipinski definition) is 1. The van der Waals surface area contributed by atoms with Gasteiger partial charge in [0.1, 0.15) is 5.65 Å². The molecule has 3 aromatic heterocycles. The van der Waals surface area contributed by atoms with Crippen LogP contribution in [0.25, 0.3) is 64.4 Å². The number of thiophene rings is 1. The topological polar surface area (TPSA) is 9.86 Å². The van der Waals surface area contributed by atoms with E-state index in [1.165, 1.54) is 53.2 Å². The summed E-state index contributed by atoms with van der Waals surface area (Å²) in [4.78, 5) is 0. The van der Waals surface area contributed by atoms with Gasteiger partial charge in [-0.25, -0.2) is 0 Å². The van der Waals surface area contributed by atoms with Crippen molar-refractivity contribution in [3.63, 3.8) is 0 Å². The Kier molecular flexibility index (Phi) is 6.90. The van der Waals surface area contributed by atoms with E-state index in [0.29, 0.717) is 0 Å². The number of para-hydroxylation sites is 2. The van der Waals surface area contributed by atoms with Crippen LogP contribution in [-0.2, 0) is 6.42 Å². The van der Waals surface area contributed by atoms with E-state index in [0.717, 1.165) is 39.4 Å². The van der Waals surface area contributed by atoms with Gasteiger partial charge in [0.05, 0.1) is 11.0 Å². The molecule has 0 aliphatic carbocycles. The van der Waals surface area contributed by atoms with Gasteiger partial charge in [0.2, 0.25) is 0 Å². The Balaban J connectivity index is 1.23. The number of halogens is 1. The molecule has 3 heterocycles. The Hall–Kier alpha value is -5.61. The van der Waals surface area contributed by atoms with E-state index >= 15 is 0 Å². The average molecular weight is 679 g/mol. The second-order valence-corrected chi connectivity index (χ2v) is 14.5. The third kappa shape index (κ3) is 4.62. The number of aromatic nitrogens is 2. The summed E-state index contributed by atoms with van der Waals surface area (Å²) in [5, 5.41) is 7.00. The molecule has 0 saturated carbocycles. The molecule has 0 saturated heterocycles. The highest BCUT2D eigenvalue weighted by Gasteiger charge is 2.24. The van der Waals surface area contributed by atoms with Gasteiger partial charge in [-0.15, -0.1) is 11.3 Å². The van der Waals surface area contributed by atoms with E-state index in [2.05, 4.69) is 173 Å². The Bertz CT molecular complexity index is 2850.